The topological polar surface area (TPSA) is 99.2 Å². The molecule has 10 heteroatoms. The summed E-state index contributed by atoms with van der Waals surface area (Å²) in [6.07, 6.45) is 9.00. The molecule has 0 amide bonds. The second kappa shape index (κ2) is 16.8. The monoisotopic (exact) mass is 838 g/mol. The summed E-state index contributed by atoms with van der Waals surface area (Å²) in [6.45, 7) is 0. The van der Waals surface area contributed by atoms with Gasteiger partial charge in [0.1, 0.15) is 0 Å². The third-order valence-corrected chi connectivity index (χ3v) is 11.3. The van der Waals surface area contributed by atoms with Crippen molar-refractivity contribution in [2.24, 2.45) is 0 Å². The predicted octanol–water partition coefficient (Wildman–Crippen LogP) is 12.3. The number of rotatable bonds is 8. The highest BCUT2D eigenvalue weighted by Gasteiger charge is 2.15. The quantitative estimate of drug-likeness (QED) is 0.153. The van der Waals surface area contributed by atoms with E-state index in [0.29, 0.717) is 28.5 Å². The molecule has 0 fully saturated rings. The van der Waals surface area contributed by atoms with Crippen molar-refractivity contribution in [1.82, 2.24) is 19.1 Å². The molecule has 0 saturated heterocycles. The number of halogens is 2. The van der Waals surface area contributed by atoms with E-state index in [0.717, 1.165) is 77.2 Å². The number of carboxylic acid groups (broad SMARTS) is 1. The van der Waals surface area contributed by atoms with Crippen molar-refractivity contribution in [1.29, 1.82) is 0 Å². The first-order chi connectivity index (χ1) is 29.7. The summed E-state index contributed by atoms with van der Waals surface area (Å²) in [4.78, 5) is 32.9. The number of aromatic carboxylic acids is 1. The normalized spacial score (nSPS) is 11.2. The van der Waals surface area contributed by atoms with Gasteiger partial charge in [0.2, 0.25) is 0 Å². The summed E-state index contributed by atoms with van der Waals surface area (Å²) in [6, 6.07) is 47.5. The van der Waals surface area contributed by atoms with Crippen LogP contribution in [-0.2, 0) is 17.6 Å². The van der Waals surface area contributed by atoms with Gasteiger partial charge in [-0.05, 0) is 120 Å². The molecule has 8 nitrogen and oxygen atoms in total. The number of nitrogens with zero attached hydrogens (tertiary/aromatic N) is 4. The molecule has 4 aromatic heterocycles. The van der Waals surface area contributed by atoms with E-state index in [1.54, 1.807) is 24.3 Å². The molecule has 4 heterocycles. The van der Waals surface area contributed by atoms with Crippen LogP contribution in [0.25, 0.3) is 55.0 Å². The number of hydrogen-bond donors (Lipinski definition) is 1. The standard InChI is InChI=1S/C26H19ClN2O2.C25H17ClN2O2/c1-31-26(30)23-15-21(27)8-7-18(23)12-17-6-9-25-20(13-17)10-11-29(25)22-14-19-4-2-3-5-24(19)28-16-22;26-20-7-6-17(22(14-20)25(29)30)11-16-5-8-24-19(12-16)9-10-28(24)21-13-18-3-1-2-4-23(18)27-15-21/h2-11,13-16H,12H2,1H3;1-10,12-15H,11H2,(H,29,30). The van der Waals surface area contributed by atoms with Crippen LogP contribution in [0.5, 0.6) is 0 Å². The number of carboxylic acids is 1. The van der Waals surface area contributed by atoms with E-state index < -0.39 is 5.97 Å². The number of esters is 1. The van der Waals surface area contributed by atoms with Gasteiger partial charge in [0, 0.05) is 44.0 Å². The third kappa shape index (κ3) is 8.19. The number of aromatic nitrogens is 4. The summed E-state index contributed by atoms with van der Waals surface area (Å²) in [5, 5.41) is 14.8. The average Bonchev–Trinajstić information content (AvgIpc) is 3.91. The lowest BCUT2D eigenvalue weighted by molar-refractivity contribution is 0.0598. The maximum absolute atomic E-state index is 12.2. The molecule has 10 rings (SSSR count). The minimum atomic E-state index is -0.969. The van der Waals surface area contributed by atoms with Gasteiger partial charge in [0.25, 0.3) is 0 Å². The van der Waals surface area contributed by atoms with Gasteiger partial charge in [-0.25, -0.2) is 9.59 Å². The zero-order chi connectivity index (χ0) is 42.0. The van der Waals surface area contributed by atoms with E-state index in [-0.39, 0.29) is 11.5 Å². The van der Waals surface area contributed by atoms with E-state index in [1.807, 2.05) is 67.1 Å². The molecule has 0 bridgehead atoms. The maximum atomic E-state index is 12.2. The molecule has 0 atom stereocenters. The Balaban J connectivity index is 0.000000156. The lowest BCUT2D eigenvalue weighted by Gasteiger charge is -2.10. The number of hydrogen-bond acceptors (Lipinski definition) is 5. The molecule has 0 unspecified atom stereocenters. The molecule has 0 aliphatic rings. The second-order valence-corrected chi connectivity index (χ2v) is 15.6. The Kier molecular flexibility index (Phi) is 10.8. The van der Waals surface area contributed by atoms with Gasteiger partial charge in [-0.1, -0.05) is 83.9 Å². The van der Waals surface area contributed by atoms with Crippen LogP contribution in [0.15, 0.2) is 170 Å². The van der Waals surface area contributed by atoms with Gasteiger partial charge in [-0.3, -0.25) is 9.97 Å². The number of fused-ring (bicyclic) bond motifs is 4. The number of benzene rings is 6. The van der Waals surface area contributed by atoms with Crippen molar-refractivity contribution in [2.75, 3.05) is 7.11 Å². The maximum Gasteiger partial charge on any atom is 0.338 e. The van der Waals surface area contributed by atoms with E-state index in [4.69, 9.17) is 27.9 Å². The number of ether oxygens (including phenoxy) is 1. The molecule has 10 aromatic rings. The molecule has 0 saturated carbocycles. The molecule has 0 aliphatic heterocycles. The Hall–Kier alpha value is -7.26. The fourth-order valence-corrected chi connectivity index (χ4v) is 8.13. The van der Waals surface area contributed by atoms with Crippen molar-refractivity contribution in [3.63, 3.8) is 0 Å². The van der Waals surface area contributed by atoms with Crippen molar-refractivity contribution in [3.8, 4) is 11.4 Å². The molecule has 298 valence electrons. The summed E-state index contributed by atoms with van der Waals surface area (Å²) >= 11 is 12.0. The Morgan fingerprint density at radius 1 is 0.557 bits per heavy atom. The van der Waals surface area contributed by atoms with Crippen LogP contribution >= 0.6 is 23.2 Å². The number of carbonyl (C=O) groups is 2. The SMILES string of the molecule is COC(=O)c1cc(Cl)ccc1Cc1ccc2c(ccn2-c2cnc3ccccc3c2)c1.O=C(O)c1cc(Cl)ccc1Cc1ccc2c(ccn2-c2cnc3ccccc3c2)c1. The minimum absolute atomic E-state index is 0.238. The van der Waals surface area contributed by atoms with Gasteiger partial charge >= 0.3 is 11.9 Å². The highest BCUT2D eigenvalue weighted by atomic mass is 35.5. The van der Waals surface area contributed by atoms with Crippen molar-refractivity contribution in [2.45, 2.75) is 12.8 Å². The number of para-hydroxylation sites is 2. The van der Waals surface area contributed by atoms with Gasteiger partial charge in [-0.2, -0.15) is 0 Å². The van der Waals surface area contributed by atoms with Crippen molar-refractivity contribution < 1.29 is 19.4 Å². The first kappa shape index (κ1) is 39.2. The molecule has 0 radical (unpaired) electrons. The Labute approximate surface area is 360 Å². The third-order valence-electron chi connectivity index (χ3n) is 10.8. The van der Waals surface area contributed by atoms with E-state index in [9.17, 15) is 14.7 Å². The summed E-state index contributed by atoms with van der Waals surface area (Å²) in [7, 11) is 1.38. The van der Waals surface area contributed by atoms with Gasteiger partial charge in [0.05, 0.1) is 64.1 Å². The first-order valence-electron chi connectivity index (χ1n) is 19.5. The van der Waals surface area contributed by atoms with Crippen LogP contribution < -0.4 is 0 Å². The molecule has 0 spiro atoms. The minimum Gasteiger partial charge on any atom is -0.478 e. The molecular formula is C51H36Cl2N4O4. The lowest BCUT2D eigenvalue weighted by atomic mass is 9.99. The van der Waals surface area contributed by atoms with E-state index in [2.05, 4.69) is 92.0 Å². The average molecular weight is 840 g/mol. The fraction of sp³-hybridized carbons (Fsp3) is 0.0588. The highest BCUT2D eigenvalue weighted by molar-refractivity contribution is 6.31. The number of carbonyl (C=O) groups excluding carboxylic acids is 1. The van der Waals surface area contributed by atoms with Gasteiger partial charge in [-0.15, -0.1) is 0 Å². The summed E-state index contributed by atoms with van der Waals surface area (Å²) < 4.78 is 9.17. The smallest absolute Gasteiger partial charge is 0.338 e. The van der Waals surface area contributed by atoms with Crippen LogP contribution in [0.2, 0.25) is 10.0 Å². The number of pyridine rings is 2. The van der Waals surface area contributed by atoms with Crippen LogP contribution in [0.4, 0.5) is 0 Å². The molecule has 0 aliphatic carbocycles. The summed E-state index contributed by atoms with van der Waals surface area (Å²) in [5.41, 5.74) is 10.7. The molecule has 61 heavy (non-hydrogen) atoms. The van der Waals surface area contributed by atoms with Crippen LogP contribution in [-0.4, -0.2) is 43.3 Å². The second-order valence-electron chi connectivity index (χ2n) is 14.7. The van der Waals surface area contributed by atoms with Crippen molar-refractivity contribution in [3.05, 3.63) is 214 Å². The Morgan fingerprint density at radius 2 is 1.03 bits per heavy atom. The Morgan fingerprint density at radius 3 is 1.52 bits per heavy atom. The van der Waals surface area contributed by atoms with Gasteiger partial charge < -0.3 is 19.0 Å². The largest absolute Gasteiger partial charge is 0.478 e. The van der Waals surface area contributed by atoms with Crippen LogP contribution in [0, 0.1) is 0 Å². The lowest BCUT2D eigenvalue weighted by Crippen LogP contribution is -2.06. The van der Waals surface area contributed by atoms with Crippen molar-refractivity contribution >= 4 is 78.8 Å². The molecule has 6 aromatic carbocycles. The first-order valence-corrected chi connectivity index (χ1v) is 20.2. The number of methoxy groups -OCH3 is 1. The van der Waals surface area contributed by atoms with E-state index >= 15 is 0 Å². The Bertz CT molecular complexity index is 3300. The summed E-state index contributed by atoms with van der Waals surface area (Å²) in [5.74, 6) is -1.35. The van der Waals surface area contributed by atoms with E-state index in [1.165, 1.54) is 13.2 Å². The van der Waals surface area contributed by atoms with Gasteiger partial charge in [0.15, 0.2) is 0 Å². The molecule has 1 N–H and O–H groups in total. The molecular weight excluding hydrogens is 803 g/mol. The fourth-order valence-electron chi connectivity index (χ4n) is 7.78. The predicted molar refractivity (Wildman–Crippen MR) is 244 cm³/mol. The van der Waals surface area contributed by atoms with Crippen LogP contribution in [0.1, 0.15) is 43.0 Å². The highest BCUT2D eigenvalue weighted by Crippen LogP contribution is 2.28. The van der Waals surface area contributed by atoms with Crippen LogP contribution in [0.3, 0.4) is 0 Å². The zero-order valence-electron chi connectivity index (χ0n) is 32.8. The zero-order valence-corrected chi connectivity index (χ0v) is 34.3.